The molecule has 1 amide bonds. The number of ether oxygens (including phenoxy) is 1. The minimum Gasteiger partial charge on any atom is -0.457 e. The van der Waals surface area contributed by atoms with Crippen LogP contribution in [0.4, 0.5) is 0 Å². The molecule has 0 bridgehead atoms. The molecule has 0 spiro atoms. The van der Waals surface area contributed by atoms with E-state index in [1.54, 1.807) is 6.92 Å². The van der Waals surface area contributed by atoms with Gasteiger partial charge >= 0.3 is 0 Å². The number of carbonyl (C=O) groups is 1. The number of benzene rings is 2. The molecule has 0 radical (unpaired) electrons. The third kappa shape index (κ3) is 5.54. The van der Waals surface area contributed by atoms with Crippen molar-refractivity contribution in [3.8, 4) is 11.5 Å². The third-order valence-corrected chi connectivity index (χ3v) is 6.48. The predicted molar refractivity (Wildman–Crippen MR) is 135 cm³/mol. The topological polar surface area (TPSA) is 71.8 Å². The van der Waals surface area contributed by atoms with Gasteiger partial charge in [-0.05, 0) is 73.4 Å². The lowest BCUT2D eigenvalue weighted by atomic mass is 10.0. The highest BCUT2D eigenvalue weighted by molar-refractivity contribution is 5.89. The molecule has 0 atom stereocenters. The Labute approximate surface area is 200 Å². The summed E-state index contributed by atoms with van der Waals surface area (Å²) in [7, 11) is 0. The molecule has 7 nitrogen and oxygen atoms in total. The summed E-state index contributed by atoms with van der Waals surface area (Å²) in [5.74, 6) is 1.70. The zero-order valence-corrected chi connectivity index (χ0v) is 19.6. The number of likely N-dealkylation sites (tertiary alicyclic amines) is 1. The van der Waals surface area contributed by atoms with Crippen molar-refractivity contribution in [2.75, 3.05) is 26.2 Å². The summed E-state index contributed by atoms with van der Waals surface area (Å²) < 4.78 is 8.12. The van der Waals surface area contributed by atoms with Crippen LogP contribution >= 0.6 is 0 Å². The maximum atomic E-state index is 11.2. The number of hydrogen-bond donors (Lipinski definition) is 1. The first-order valence-electron chi connectivity index (χ1n) is 12.1. The summed E-state index contributed by atoms with van der Waals surface area (Å²) in [6, 6.07) is 14.5. The smallest absolute Gasteiger partial charge is 0.217 e. The number of hydrogen-bond acceptors (Lipinski definition) is 5. The fourth-order valence-corrected chi connectivity index (χ4v) is 4.68. The van der Waals surface area contributed by atoms with E-state index in [2.05, 4.69) is 39.6 Å². The van der Waals surface area contributed by atoms with Gasteiger partial charge in [-0.1, -0.05) is 12.1 Å². The van der Waals surface area contributed by atoms with E-state index in [0.717, 1.165) is 74.4 Å². The van der Waals surface area contributed by atoms with Crippen LogP contribution in [0.2, 0.25) is 0 Å². The molecule has 0 aliphatic carbocycles. The van der Waals surface area contributed by atoms with Gasteiger partial charge in [0.05, 0.1) is 12.1 Å². The van der Waals surface area contributed by atoms with Gasteiger partial charge < -0.3 is 15.0 Å². The van der Waals surface area contributed by atoms with Crippen LogP contribution < -0.4 is 10.1 Å². The summed E-state index contributed by atoms with van der Waals surface area (Å²) in [4.78, 5) is 17.9. The Morgan fingerprint density at radius 1 is 1.09 bits per heavy atom. The second-order valence-corrected chi connectivity index (χ2v) is 9.09. The SMILES string of the molecule is CC(=O)NC1CCN(CCCn2cc3cc(Oc4ccc(C5=CC=NC5)cc4)ccc3n2)CC1. The lowest BCUT2D eigenvalue weighted by Crippen LogP contribution is -2.44. The first kappa shape index (κ1) is 22.3. The Hall–Kier alpha value is -3.45. The van der Waals surface area contributed by atoms with Crippen molar-refractivity contribution in [2.24, 2.45) is 4.99 Å². The average molecular weight is 458 g/mol. The second-order valence-electron chi connectivity index (χ2n) is 9.09. The molecule has 34 heavy (non-hydrogen) atoms. The van der Waals surface area contributed by atoms with Crippen LogP contribution in [0.5, 0.6) is 11.5 Å². The molecule has 1 N–H and O–H groups in total. The summed E-state index contributed by atoms with van der Waals surface area (Å²) >= 11 is 0. The summed E-state index contributed by atoms with van der Waals surface area (Å²) in [5, 5.41) is 8.84. The Morgan fingerprint density at radius 3 is 2.62 bits per heavy atom. The number of rotatable bonds is 8. The minimum atomic E-state index is 0.0726. The molecule has 3 heterocycles. The van der Waals surface area contributed by atoms with E-state index in [0.29, 0.717) is 6.04 Å². The molecule has 0 unspecified atom stereocenters. The number of fused-ring (bicyclic) bond motifs is 1. The molecular formula is C27H31N5O2. The van der Waals surface area contributed by atoms with Crippen molar-refractivity contribution in [1.29, 1.82) is 0 Å². The van der Waals surface area contributed by atoms with Gasteiger partial charge in [0.2, 0.25) is 5.91 Å². The van der Waals surface area contributed by atoms with E-state index in [4.69, 9.17) is 9.84 Å². The molecular weight excluding hydrogens is 426 g/mol. The number of aromatic nitrogens is 2. The molecule has 5 rings (SSSR count). The van der Waals surface area contributed by atoms with Crippen LogP contribution in [-0.4, -0.2) is 59.0 Å². The van der Waals surface area contributed by atoms with Crippen LogP contribution in [0.15, 0.2) is 59.7 Å². The van der Waals surface area contributed by atoms with Gasteiger partial charge in [-0.25, -0.2) is 0 Å². The Bertz CT molecular complexity index is 1200. The average Bonchev–Trinajstić information content (AvgIpc) is 3.50. The molecule has 1 fully saturated rings. The Morgan fingerprint density at radius 2 is 1.88 bits per heavy atom. The van der Waals surface area contributed by atoms with Crippen LogP contribution in [-0.2, 0) is 11.3 Å². The maximum absolute atomic E-state index is 11.2. The largest absolute Gasteiger partial charge is 0.457 e. The Kier molecular flexibility index (Phi) is 6.72. The van der Waals surface area contributed by atoms with Crippen LogP contribution in [0, 0.1) is 0 Å². The van der Waals surface area contributed by atoms with Gasteiger partial charge in [0, 0.05) is 50.4 Å². The molecule has 7 heteroatoms. The first-order chi connectivity index (χ1) is 16.6. The second kappa shape index (κ2) is 10.2. The fourth-order valence-electron chi connectivity index (χ4n) is 4.68. The van der Waals surface area contributed by atoms with Crippen molar-refractivity contribution in [2.45, 2.75) is 38.8 Å². The lowest BCUT2D eigenvalue weighted by Gasteiger charge is -2.32. The molecule has 2 aromatic carbocycles. The summed E-state index contributed by atoms with van der Waals surface area (Å²) in [6.07, 6.45) is 9.12. The van der Waals surface area contributed by atoms with E-state index < -0.39 is 0 Å². The van der Waals surface area contributed by atoms with Gasteiger partial charge in [-0.2, -0.15) is 5.10 Å². The highest BCUT2D eigenvalue weighted by atomic mass is 16.5. The molecule has 2 aliphatic heterocycles. The number of aryl methyl sites for hydroxylation is 1. The van der Waals surface area contributed by atoms with Crippen LogP contribution in [0.3, 0.4) is 0 Å². The van der Waals surface area contributed by atoms with Gasteiger partial charge in [-0.15, -0.1) is 0 Å². The first-order valence-corrected chi connectivity index (χ1v) is 12.1. The molecule has 3 aromatic rings. The van der Waals surface area contributed by atoms with E-state index in [1.165, 1.54) is 11.1 Å². The maximum Gasteiger partial charge on any atom is 0.217 e. The van der Waals surface area contributed by atoms with E-state index in [1.807, 2.05) is 41.2 Å². The van der Waals surface area contributed by atoms with Gasteiger partial charge in [0.25, 0.3) is 0 Å². The summed E-state index contributed by atoms with van der Waals surface area (Å²) in [5.41, 5.74) is 3.39. The lowest BCUT2D eigenvalue weighted by molar-refractivity contribution is -0.119. The number of nitrogens with zero attached hydrogens (tertiary/aromatic N) is 4. The highest BCUT2D eigenvalue weighted by Gasteiger charge is 2.19. The Balaban J connectivity index is 1.12. The molecule has 0 saturated carbocycles. The van der Waals surface area contributed by atoms with E-state index >= 15 is 0 Å². The normalized spacial score (nSPS) is 16.7. The number of allylic oxidation sites excluding steroid dienone is 1. The predicted octanol–water partition coefficient (Wildman–Crippen LogP) is 4.29. The van der Waals surface area contributed by atoms with Gasteiger partial charge in [0.15, 0.2) is 0 Å². The van der Waals surface area contributed by atoms with E-state index in [9.17, 15) is 4.79 Å². The van der Waals surface area contributed by atoms with Crippen molar-refractivity contribution in [3.05, 3.63) is 60.3 Å². The summed E-state index contributed by atoms with van der Waals surface area (Å²) in [6.45, 7) is 6.36. The zero-order chi connectivity index (χ0) is 23.3. The molecule has 176 valence electrons. The van der Waals surface area contributed by atoms with E-state index in [-0.39, 0.29) is 5.91 Å². The van der Waals surface area contributed by atoms with Crippen molar-refractivity contribution < 1.29 is 9.53 Å². The molecule has 1 saturated heterocycles. The number of piperidine rings is 1. The molecule has 1 aromatic heterocycles. The third-order valence-electron chi connectivity index (χ3n) is 6.48. The van der Waals surface area contributed by atoms with Gasteiger partial charge in [0.1, 0.15) is 11.5 Å². The van der Waals surface area contributed by atoms with Crippen LogP contribution in [0.1, 0.15) is 31.7 Å². The highest BCUT2D eigenvalue weighted by Crippen LogP contribution is 2.27. The fraction of sp³-hybridized carbons (Fsp3) is 0.370. The number of aliphatic imine (C=N–C) groups is 1. The number of nitrogens with one attached hydrogen (secondary N) is 1. The van der Waals surface area contributed by atoms with Crippen LogP contribution in [0.25, 0.3) is 16.5 Å². The zero-order valence-electron chi connectivity index (χ0n) is 19.6. The molecule has 2 aliphatic rings. The van der Waals surface area contributed by atoms with Gasteiger partial charge in [-0.3, -0.25) is 14.5 Å². The quantitative estimate of drug-likeness (QED) is 0.548. The monoisotopic (exact) mass is 457 g/mol. The standard InChI is InChI=1S/C27H31N5O2/c1-20(33)29-24-10-15-31(16-11-24)13-2-14-32-19-23-17-26(7-8-27(23)30-32)34-25-5-3-21(4-6-25)22-9-12-28-18-22/h3-9,12,17,19,24H,2,10-11,13-16,18H2,1H3,(H,29,33). The van der Waals surface area contributed by atoms with Crippen molar-refractivity contribution in [1.82, 2.24) is 20.0 Å². The van der Waals surface area contributed by atoms with Crippen molar-refractivity contribution in [3.63, 3.8) is 0 Å². The number of amides is 1. The van der Waals surface area contributed by atoms with Crippen molar-refractivity contribution >= 4 is 28.6 Å². The number of carbonyl (C=O) groups excluding carboxylic acids is 1. The minimum absolute atomic E-state index is 0.0726.